The topological polar surface area (TPSA) is 84.0 Å². The molecule has 0 spiro atoms. The fourth-order valence-corrected chi connectivity index (χ4v) is 4.36. The van der Waals surface area contributed by atoms with Gasteiger partial charge in [0.1, 0.15) is 12.1 Å². The van der Waals surface area contributed by atoms with Crippen LogP contribution in [-0.2, 0) is 14.3 Å². The highest BCUT2D eigenvalue weighted by Crippen LogP contribution is 2.36. The maximum atomic E-state index is 13.3. The molecule has 0 saturated carbocycles. The Kier molecular flexibility index (Phi) is 5.65. The van der Waals surface area contributed by atoms with Crippen molar-refractivity contribution in [3.05, 3.63) is 77.4 Å². The summed E-state index contributed by atoms with van der Waals surface area (Å²) >= 11 is 0. The number of hydrogen-bond acceptors (Lipinski definition) is 5. The molecule has 32 heavy (non-hydrogen) atoms. The number of imide groups is 1. The summed E-state index contributed by atoms with van der Waals surface area (Å²) in [4.78, 5) is 54.3. The molecule has 2 aromatic rings. The normalized spacial score (nSPS) is 21.2. The molecule has 7 nitrogen and oxygen atoms in total. The van der Waals surface area contributed by atoms with E-state index in [1.807, 2.05) is 50.3 Å². The Morgan fingerprint density at radius 2 is 1.50 bits per heavy atom. The molecule has 3 amide bonds. The van der Waals surface area contributed by atoms with Crippen LogP contribution in [0.1, 0.15) is 40.1 Å². The summed E-state index contributed by atoms with van der Waals surface area (Å²) < 4.78 is 4.94. The smallest absolute Gasteiger partial charge is 0.328 e. The first-order valence-electron chi connectivity index (χ1n) is 10.5. The predicted molar refractivity (Wildman–Crippen MR) is 117 cm³/mol. The van der Waals surface area contributed by atoms with Crippen LogP contribution in [0.4, 0.5) is 0 Å². The van der Waals surface area contributed by atoms with Crippen molar-refractivity contribution >= 4 is 29.8 Å². The van der Waals surface area contributed by atoms with Crippen LogP contribution >= 0.6 is 0 Å². The van der Waals surface area contributed by atoms with E-state index in [0.717, 1.165) is 10.5 Å². The minimum atomic E-state index is -1.02. The van der Waals surface area contributed by atoms with Crippen molar-refractivity contribution in [1.29, 1.82) is 0 Å². The molecule has 4 rings (SSSR count). The molecule has 2 aliphatic rings. The second-order valence-electron chi connectivity index (χ2n) is 8.19. The number of likely N-dealkylation sites (tertiary alicyclic amines) is 1. The number of carbonyl (C=O) groups is 4. The molecule has 2 aliphatic heterocycles. The Balaban J connectivity index is 1.72. The lowest BCUT2D eigenvalue weighted by Crippen LogP contribution is -2.74. The zero-order valence-corrected chi connectivity index (χ0v) is 18.1. The monoisotopic (exact) mass is 432 g/mol. The van der Waals surface area contributed by atoms with Gasteiger partial charge in [0.25, 0.3) is 11.8 Å². The first-order chi connectivity index (χ1) is 15.4. The first-order valence-corrected chi connectivity index (χ1v) is 10.5. The number of rotatable bonds is 6. The molecule has 0 unspecified atom stereocenters. The van der Waals surface area contributed by atoms with Gasteiger partial charge in [0.2, 0.25) is 5.91 Å². The third-order valence-corrected chi connectivity index (χ3v) is 5.92. The van der Waals surface area contributed by atoms with Crippen LogP contribution < -0.4 is 0 Å². The second kappa shape index (κ2) is 8.42. The molecule has 1 fully saturated rings. The van der Waals surface area contributed by atoms with Crippen molar-refractivity contribution in [1.82, 2.24) is 9.80 Å². The van der Waals surface area contributed by atoms with Gasteiger partial charge in [-0.25, -0.2) is 4.79 Å². The van der Waals surface area contributed by atoms with Gasteiger partial charge in [-0.3, -0.25) is 19.3 Å². The summed E-state index contributed by atoms with van der Waals surface area (Å²) in [6.07, 6.45) is 3.59. The molecule has 0 bridgehead atoms. The van der Waals surface area contributed by atoms with E-state index in [-0.39, 0.29) is 17.0 Å². The fourth-order valence-electron chi connectivity index (χ4n) is 4.36. The zero-order valence-electron chi connectivity index (χ0n) is 18.1. The van der Waals surface area contributed by atoms with Gasteiger partial charge in [0, 0.05) is 0 Å². The molecule has 2 aromatic carbocycles. The lowest BCUT2D eigenvalue weighted by molar-refractivity contribution is -0.170. The van der Waals surface area contributed by atoms with Gasteiger partial charge in [-0.15, -0.1) is 0 Å². The third kappa shape index (κ3) is 3.39. The lowest BCUT2D eigenvalue weighted by Gasteiger charge is -2.51. The van der Waals surface area contributed by atoms with Gasteiger partial charge in [0.05, 0.1) is 24.3 Å². The quantitative estimate of drug-likeness (QED) is 0.398. The van der Waals surface area contributed by atoms with Gasteiger partial charge >= 0.3 is 5.97 Å². The second-order valence-corrected chi connectivity index (χ2v) is 8.19. The average Bonchev–Trinajstić information content (AvgIpc) is 3.05. The van der Waals surface area contributed by atoms with E-state index >= 15 is 0 Å². The molecule has 7 heteroatoms. The van der Waals surface area contributed by atoms with Crippen molar-refractivity contribution in [2.24, 2.45) is 5.92 Å². The maximum absolute atomic E-state index is 13.3. The number of nitrogens with zero attached hydrogens (tertiary/aromatic N) is 2. The van der Waals surface area contributed by atoms with Crippen LogP contribution in [0.3, 0.4) is 0 Å². The highest BCUT2D eigenvalue weighted by molar-refractivity contribution is 6.23. The lowest BCUT2D eigenvalue weighted by atomic mass is 9.86. The number of methoxy groups -OCH3 is 1. The van der Waals surface area contributed by atoms with Crippen LogP contribution in [0.2, 0.25) is 0 Å². The van der Waals surface area contributed by atoms with Crippen molar-refractivity contribution in [3.63, 3.8) is 0 Å². The van der Waals surface area contributed by atoms with Gasteiger partial charge < -0.3 is 9.64 Å². The number of carbonyl (C=O) groups excluding carboxylic acids is 4. The van der Waals surface area contributed by atoms with Crippen molar-refractivity contribution in [2.75, 3.05) is 7.11 Å². The van der Waals surface area contributed by atoms with Crippen LogP contribution in [0.5, 0.6) is 0 Å². The number of benzene rings is 2. The number of fused-ring (bicyclic) bond motifs is 1. The molecule has 0 N–H and O–H groups in total. The van der Waals surface area contributed by atoms with E-state index in [0.29, 0.717) is 0 Å². The molecule has 0 aliphatic carbocycles. The highest BCUT2D eigenvalue weighted by atomic mass is 16.5. The van der Waals surface area contributed by atoms with Gasteiger partial charge in [-0.1, -0.05) is 68.5 Å². The Bertz CT molecular complexity index is 1070. The molecule has 1 saturated heterocycles. The fraction of sp³-hybridized carbons (Fsp3) is 0.280. The number of amides is 3. The van der Waals surface area contributed by atoms with Crippen LogP contribution in [0.25, 0.3) is 6.08 Å². The van der Waals surface area contributed by atoms with Gasteiger partial charge in [-0.2, -0.15) is 0 Å². The third-order valence-electron chi connectivity index (χ3n) is 5.92. The zero-order chi connectivity index (χ0) is 23.0. The van der Waals surface area contributed by atoms with E-state index < -0.39 is 41.8 Å². The number of hydrogen-bond donors (Lipinski definition) is 0. The first kappa shape index (κ1) is 21.5. The standard InChI is InChI=1S/C25H24N2O5/c1-15(2)20(25(31)32-3)26-19(14-13-16-9-5-4-6-10-16)21(24(26)30)27-22(28)17-11-7-8-12-18(17)23(27)29/h4-15,19-21H,1-3H3/t19-,20+,21+/m0/s1. The number of esters is 1. The molecule has 0 aromatic heterocycles. The molecule has 2 heterocycles. The summed E-state index contributed by atoms with van der Waals surface area (Å²) in [5, 5.41) is 0. The van der Waals surface area contributed by atoms with Crippen molar-refractivity contribution in [3.8, 4) is 0 Å². The van der Waals surface area contributed by atoms with E-state index in [4.69, 9.17) is 4.74 Å². The van der Waals surface area contributed by atoms with E-state index in [1.54, 1.807) is 30.3 Å². The predicted octanol–water partition coefficient (Wildman–Crippen LogP) is 2.77. The van der Waals surface area contributed by atoms with E-state index in [9.17, 15) is 19.2 Å². The summed E-state index contributed by atoms with van der Waals surface area (Å²) in [7, 11) is 1.28. The highest BCUT2D eigenvalue weighted by Gasteiger charge is 2.58. The van der Waals surface area contributed by atoms with Gasteiger partial charge in [0.15, 0.2) is 0 Å². The Morgan fingerprint density at radius 3 is 2.03 bits per heavy atom. The van der Waals surface area contributed by atoms with E-state index in [2.05, 4.69) is 0 Å². The SMILES string of the molecule is COC(=O)[C@@H](C(C)C)N1C(=O)[C@H](N2C(=O)c3ccccc3C2=O)[C@@H]1C=Cc1ccccc1. The number of β-lactam (4-membered cyclic amide) rings is 1. The molecule has 3 atom stereocenters. The largest absolute Gasteiger partial charge is 0.467 e. The summed E-state index contributed by atoms with van der Waals surface area (Å²) in [6, 6.07) is 13.5. The average molecular weight is 432 g/mol. The Hall–Kier alpha value is -3.74. The maximum Gasteiger partial charge on any atom is 0.328 e. The Morgan fingerprint density at radius 1 is 0.938 bits per heavy atom. The number of ether oxygens (including phenoxy) is 1. The molecular formula is C25H24N2O5. The van der Waals surface area contributed by atoms with Crippen LogP contribution in [0, 0.1) is 5.92 Å². The molecule has 0 radical (unpaired) electrons. The summed E-state index contributed by atoms with van der Waals surface area (Å²) in [5.74, 6) is -2.21. The van der Waals surface area contributed by atoms with Crippen molar-refractivity contribution < 1.29 is 23.9 Å². The van der Waals surface area contributed by atoms with E-state index in [1.165, 1.54) is 12.0 Å². The summed E-state index contributed by atoms with van der Waals surface area (Å²) in [6.45, 7) is 3.64. The van der Waals surface area contributed by atoms with Gasteiger partial charge in [-0.05, 0) is 23.6 Å². The van der Waals surface area contributed by atoms with Crippen LogP contribution in [-0.4, -0.2) is 58.7 Å². The van der Waals surface area contributed by atoms with Crippen molar-refractivity contribution in [2.45, 2.75) is 32.0 Å². The molecule has 164 valence electrons. The minimum absolute atomic E-state index is 0.220. The molecular weight excluding hydrogens is 408 g/mol. The van der Waals surface area contributed by atoms with Crippen LogP contribution in [0.15, 0.2) is 60.7 Å². The summed E-state index contributed by atoms with van der Waals surface area (Å²) in [5.41, 5.74) is 1.46. The Labute approximate surface area is 186 Å². The minimum Gasteiger partial charge on any atom is -0.467 e.